The van der Waals surface area contributed by atoms with Crippen molar-refractivity contribution in [3.05, 3.63) is 29.3 Å². The SMILES string of the molecule is Cc1cccc2c1OCC1(CCNCC1)C2. The zero-order chi connectivity index (χ0) is 11.0. The molecule has 0 aliphatic carbocycles. The van der Waals surface area contributed by atoms with Gasteiger partial charge in [-0.2, -0.15) is 0 Å². The lowest BCUT2D eigenvalue weighted by Crippen LogP contribution is -2.44. The first-order valence-electron chi connectivity index (χ1n) is 6.21. The monoisotopic (exact) mass is 217 g/mol. The third-order valence-corrected chi connectivity index (χ3v) is 4.05. The fraction of sp³-hybridized carbons (Fsp3) is 0.571. The Kier molecular flexibility index (Phi) is 2.40. The van der Waals surface area contributed by atoms with Crippen LogP contribution in [0.15, 0.2) is 18.2 Å². The summed E-state index contributed by atoms with van der Waals surface area (Å²) in [5.41, 5.74) is 3.10. The number of para-hydroxylation sites is 1. The van der Waals surface area contributed by atoms with E-state index < -0.39 is 0 Å². The molecule has 1 aromatic rings. The van der Waals surface area contributed by atoms with Crippen molar-refractivity contribution in [1.82, 2.24) is 5.32 Å². The molecule has 0 aromatic heterocycles. The van der Waals surface area contributed by atoms with Crippen molar-refractivity contribution in [2.24, 2.45) is 5.41 Å². The Bertz CT molecular complexity index is 394. The predicted molar refractivity (Wildman–Crippen MR) is 64.9 cm³/mol. The summed E-state index contributed by atoms with van der Waals surface area (Å²) < 4.78 is 6.02. The Hall–Kier alpha value is -1.02. The maximum atomic E-state index is 6.02. The van der Waals surface area contributed by atoms with Gasteiger partial charge in [-0.1, -0.05) is 18.2 Å². The van der Waals surface area contributed by atoms with E-state index in [1.54, 1.807) is 0 Å². The van der Waals surface area contributed by atoms with Crippen molar-refractivity contribution in [2.75, 3.05) is 19.7 Å². The summed E-state index contributed by atoms with van der Waals surface area (Å²) in [5.74, 6) is 1.15. The van der Waals surface area contributed by atoms with Gasteiger partial charge in [-0.25, -0.2) is 0 Å². The van der Waals surface area contributed by atoms with E-state index in [4.69, 9.17) is 4.74 Å². The Morgan fingerprint density at radius 2 is 2.06 bits per heavy atom. The average Bonchev–Trinajstić information content (AvgIpc) is 2.30. The van der Waals surface area contributed by atoms with Crippen LogP contribution in [0.5, 0.6) is 5.75 Å². The molecule has 3 rings (SSSR count). The van der Waals surface area contributed by atoms with E-state index in [0.717, 1.165) is 25.4 Å². The van der Waals surface area contributed by atoms with Gasteiger partial charge < -0.3 is 10.1 Å². The number of fused-ring (bicyclic) bond motifs is 1. The molecule has 0 bridgehead atoms. The summed E-state index contributed by atoms with van der Waals surface area (Å²) in [5, 5.41) is 3.44. The third-order valence-electron chi connectivity index (χ3n) is 4.05. The number of hydrogen-bond donors (Lipinski definition) is 1. The second-order valence-electron chi connectivity index (χ2n) is 5.28. The second-order valence-corrected chi connectivity index (χ2v) is 5.28. The largest absolute Gasteiger partial charge is 0.492 e. The van der Waals surface area contributed by atoms with Crippen molar-refractivity contribution in [1.29, 1.82) is 0 Å². The minimum atomic E-state index is 0.409. The number of ether oxygens (including phenoxy) is 1. The summed E-state index contributed by atoms with van der Waals surface area (Å²) >= 11 is 0. The molecule has 1 saturated heterocycles. The molecule has 2 heterocycles. The van der Waals surface area contributed by atoms with Crippen LogP contribution < -0.4 is 10.1 Å². The van der Waals surface area contributed by atoms with Gasteiger partial charge in [-0.3, -0.25) is 0 Å². The Balaban J connectivity index is 1.91. The van der Waals surface area contributed by atoms with Gasteiger partial charge in [-0.15, -0.1) is 0 Å². The van der Waals surface area contributed by atoms with E-state index in [9.17, 15) is 0 Å². The van der Waals surface area contributed by atoms with Crippen LogP contribution in [0.1, 0.15) is 24.0 Å². The molecular formula is C14H19NO. The third kappa shape index (κ3) is 1.61. The summed E-state index contributed by atoms with van der Waals surface area (Å²) in [6, 6.07) is 6.52. The fourth-order valence-electron chi connectivity index (χ4n) is 3.02. The van der Waals surface area contributed by atoms with E-state index >= 15 is 0 Å². The molecule has 0 radical (unpaired) electrons. The number of aryl methyl sites for hydroxylation is 1. The van der Waals surface area contributed by atoms with Crippen LogP contribution in [-0.2, 0) is 6.42 Å². The molecule has 0 atom stereocenters. The first kappa shape index (κ1) is 10.2. The first-order valence-corrected chi connectivity index (χ1v) is 6.21. The van der Waals surface area contributed by atoms with Crippen LogP contribution in [0.3, 0.4) is 0 Å². The predicted octanol–water partition coefficient (Wildman–Crippen LogP) is 2.30. The topological polar surface area (TPSA) is 21.3 Å². The molecule has 86 valence electrons. The van der Waals surface area contributed by atoms with E-state index in [1.807, 2.05) is 0 Å². The van der Waals surface area contributed by atoms with Gasteiger partial charge >= 0.3 is 0 Å². The number of rotatable bonds is 0. The molecule has 2 aliphatic rings. The first-order chi connectivity index (χ1) is 7.79. The number of hydrogen-bond acceptors (Lipinski definition) is 2. The summed E-state index contributed by atoms with van der Waals surface area (Å²) in [7, 11) is 0. The molecule has 2 nitrogen and oxygen atoms in total. The zero-order valence-corrected chi connectivity index (χ0v) is 9.88. The van der Waals surface area contributed by atoms with Crippen molar-refractivity contribution in [3.8, 4) is 5.75 Å². The van der Waals surface area contributed by atoms with Crippen LogP contribution in [0.25, 0.3) is 0 Å². The van der Waals surface area contributed by atoms with E-state index in [0.29, 0.717) is 5.41 Å². The van der Waals surface area contributed by atoms with Crippen LogP contribution in [0.4, 0.5) is 0 Å². The molecule has 1 aromatic carbocycles. The molecular weight excluding hydrogens is 198 g/mol. The van der Waals surface area contributed by atoms with Crippen LogP contribution in [0.2, 0.25) is 0 Å². The van der Waals surface area contributed by atoms with Crippen molar-refractivity contribution in [2.45, 2.75) is 26.2 Å². The lowest BCUT2D eigenvalue weighted by molar-refractivity contribution is 0.0844. The molecule has 1 N–H and O–H groups in total. The van der Waals surface area contributed by atoms with Gasteiger partial charge in [0, 0.05) is 5.41 Å². The van der Waals surface area contributed by atoms with Crippen molar-refractivity contribution < 1.29 is 4.74 Å². The Morgan fingerprint density at radius 1 is 1.25 bits per heavy atom. The fourth-order valence-corrected chi connectivity index (χ4v) is 3.02. The Morgan fingerprint density at radius 3 is 2.88 bits per heavy atom. The number of benzene rings is 1. The van der Waals surface area contributed by atoms with E-state index in [1.165, 1.54) is 30.4 Å². The highest BCUT2D eigenvalue weighted by Crippen LogP contribution is 2.41. The molecule has 0 saturated carbocycles. The highest BCUT2D eigenvalue weighted by Gasteiger charge is 2.37. The minimum absolute atomic E-state index is 0.409. The molecule has 2 aliphatic heterocycles. The van der Waals surface area contributed by atoms with E-state index in [-0.39, 0.29) is 0 Å². The van der Waals surface area contributed by atoms with Crippen LogP contribution in [-0.4, -0.2) is 19.7 Å². The maximum Gasteiger partial charge on any atom is 0.125 e. The van der Waals surface area contributed by atoms with Crippen LogP contribution >= 0.6 is 0 Å². The summed E-state index contributed by atoms with van der Waals surface area (Å²) in [6.45, 7) is 5.33. The van der Waals surface area contributed by atoms with Gasteiger partial charge in [0.1, 0.15) is 5.75 Å². The van der Waals surface area contributed by atoms with Crippen molar-refractivity contribution >= 4 is 0 Å². The minimum Gasteiger partial charge on any atom is -0.492 e. The summed E-state index contributed by atoms with van der Waals surface area (Å²) in [4.78, 5) is 0. The quantitative estimate of drug-likeness (QED) is 0.720. The van der Waals surface area contributed by atoms with Gasteiger partial charge in [0.15, 0.2) is 0 Å². The lowest BCUT2D eigenvalue weighted by Gasteiger charge is -2.41. The Labute approximate surface area is 97.0 Å². The standard InChI is InChI=1S/C14H19NO/c1-11-3-2-4-12-9-14(10-16-13(11)12)5-7-15-8-6-14/h2-4,15H,5-10H2,1H3. The van der Waals surface area contributed by atoms with E-state index in [2.05, 4.69) is 30.4 Å². The maximum absolute atomic E-state index is 6.02. The van der Waals surface area contributed by atoms with Crippen molar-refractivity contribution in [3.63, 3.8) is 0 Å². The average molecular weight is 217 g/mol. The number of nitrogens with one attached hydrogen (secondary N) is 1. The lowest BCUT2D eigenvalue weighted by atomic mass is 9.73. The molecule has 0 unspecified atom stereocenters. The van der Waals surface area contributed by atoms with Crippen LogP contribution in [0, 0.1) is 12.3 Å². The summed E-state index contributed by atoms with van der Waals surface area (Å²) in [6.07, 6.45) is 3.70. The number of piperidine rings is 1. The highest BCUT2D eigenvalue weighted by molar-refractivity contribution is 5.42. The highest BCUT2D eigenvalue weighted by atomic mass is 16.5. The smallest absolute Gasteiger partial charge is 0.125 e. The normalized spacial score (nSPS) is 22.6. The van der Waals surface area contributed by atoms with Gasteiger partial charge in [0.2, 0.25) is 0 Å². The van der Waals surface area contributed by atoms with Gasteiger partial charge in [-0.05, 0) is 50.4 Å². The zero-order valence-electron chi connectivity index (χ0n) is 9.88. The molecule has 16 heavy (non-hydrogen) atoms. The molecule has 0 amide bonds. The molecule has 1 fully saturated rings. The molecule has 1 spiro atoms. The van der Waals surface area contributed by atoms with Gasteiger partial charge in [0.25, 0.3) is 0 Å². The van der Waals surface area contributed by atoms with Gasteiger partial charge in [0.05, 0.1) is 6.61 Å². The second kappa shape index (κ2) is 3.77. The molecule has 2 heteroatoms.